The molecular formula is C13H17N3O2S. The van der Waals surface area contributed by atoms with Crippen molar-refractivity contribution >= 4 is 32.4 Å². The van der Waals surface area contributed by atoms with Gasteiger partial charge in [-0.1, -0.05) is 11.3 Å². The van der Waals surface area contributed by atoms with Crippen LogP contribution in [0.1, 0.15) is 12.8 Å². The summed E-state index contributed by atoms with van der Waals surface area (Å²) in [7, 11) is 0. The second kappa shape index (κ2) is 4.96. The largest absolute Gasteiger partial charge is 0.399 e. The molecule has 6 heteroatoms. The second-order valence-corrected chi connectivity index (χ2v) is 5.95. The van der Waals surface area contributed by atoms with Gasteiger partial charge in [0.15, 0.2) is 5.13 Å². The summed E-state index contributed by atoms with van der Waals surface area (Å²) < 4.78 is 6.41. The van der Waals surface area contributed by atoms with Gasteiger partial charge in [-0.25, -0.2) is 4.98 Å². The molecule has 1 aliphatic rings. The summed E-state index contributed by atoms with van der Waals surface area (Å²) in [6, 6.07) is 5.69. The predicted octanol–water partition coefficient (Wildman–Crippen LogP) is 1.83. The van der Waals surface area contributed by atoms with Gasteiger partial charge >= 0.3 is 0 Å². The summed E-state index contributed by atoms with van der Waals surface area (Å²) in [6.45, 7) is 1.44. The molecule has 3 rings (SSSR count). The van der Waals surface area contributed by atoms with Gasteiger partial charge in [0, 0.05) is 18.9 Å². The maximum absolute atomic E-state index is 9.66. The van der Waals surface area contributed by atoms with Crippen LogP contribution in [-0.2, 0) is 4.74 Å². The number of nitrogens with one attached hydrogen (secondary N) is 1. The topological polar surface area (TPSA) is 80.4 Å². The monoisotopic (exact) mass is 279 g/mol. The van der Waals surface area contributed by atoms with Crippen molar-refractivity contribution in [3.63, 3.8) is 0 Å². The van der Waals surface area contributed by atoms with Crippen LogP contribution < -0.4 is 11.1 Å². The number of hydrogen-bond donors (Lipinski definition) is 3. The van der Waals surface area contributed by atoms with Crippen LogP contribution in [0.3, 0.4) is 0 Å². The highest BCUT2D eigenvalue weighted by Gasteiger charge is 2.32. The van der Waals surface area contributed by atoms with E-state index >= 15 is 0 Å². The Bertz CT molecular complexity index is 578. The fraction of sp³-hybridized carbons (Fsp3) is 0.462. The Morgan fingerprint density at radius 1 is 1.42 bits per heavy atom. The second-order valence-electron chi connectivity index (χ2n) is 4.92. The number of aromatic nitrogens is 1. The number of ether oxygens (including phenoxy) is 1. The first kappa shape index (κ1) is 12.7. The molecule has 5 nitrogen and oxygen atoms in total. The third kappa shape index (κ3) is 2.51. The van der Waals surface area contributed by atoms with Crippen LogP contribution in [0.15, 0.2) is 18.2 Å². The van der Waals surface area contributed by atoms with Gasteiger partial charge in [0.2, 0.25) is 0 Å². The molecule has 19 heavy (non-hydrogen) atoms. The summed E-state index contributed by atoms with van der Waals surface area (Å²) in [4.78, 5) is 4.54. The molecule has 0 bridgehead atoms. The summed E-state index contributed by atoms with van der Waals surface area (Å²) in [5.74, 6) is 0. The van der Waals surface area contributed by atoms with Crippen molar-refractivity contribution in [1.82, 2.24) is 4.98 Å². The van der Waals surface area contributed by atoms with Gasteiger partial charge in [-0.05, 0) is 31.0 Å². The van der Waals surface area contributed by atoms with Crippen molar-refractivity contribution < 1.29 is 9.84 Å². The molecule has 2 aromatic rings. The third-order valence-corrected chi connectivity index (χ3v) is 4.47. The first-order valence-electron chi connectivity index (χ1n) is 6.34. The Morgan fingerprint density at radius 2 is 2.21 bits per heavy atom. The highest BCUT2D eigenvalue weighted by molar-refractivity contribution is 7.22. The number of fused-ring (bicyclic) bond motifs is 1. The molecule has 1 fully saturated rings. The number of hydrogen-bond acceptors (Lipinski definition) is 6. The average Bonchev–Trinajstić information content (AvgIpc) is 2.81. The normalized spacial score (nSPS) is 18.6. The van der Waals surface area contributed by atoms with Crippen LogP contribution in [0.25, 0.3) is 10.2 Å². The van der Waals surface area contributed by atoms with E-state index in [9.17, 15) is 5.11 Å². The quantitative estimate of drug-likeness (QED) is 0.747. The fourth-order valence-electron chi connectivity index (χ4n) is 2.31. The average molecular weight is 279 g/mol. The number of aliphatic hydroxyl groups is 1. The van der Waals surface area contributed by atoms with E-state index in [2.05, 4.69) is 10.3 Å². The number of thiazole rings is 1. The van der Waals surface area contributed by atoms with E-state index in [-0.39, 0.29) is 12.1 Å². The van der Waals surface area contributed by atoms with E-state index in [1.54, 1.807) is 11.3 Å². The molecule has 1 saturated heterocycles. The highest BCUT2D eigenvalue weighted by Crippen LogP contribution is 2.32. The van der Waals surface area contributed by atoms with Gasteiger partial charge in [-0.2, -0.15) is 0 Å². The van der Waals surface area contributed by atoms with Gasteiger partial charge < -0.3 is 20.9 Å². The lowest BCUT2D eigenvalue weighted by Crippen LogP contribution is -2.46. The molecule has 0 amide bonds. The van der Waals surface area contributed by atoms with Gasteiger partial charge in [0.25, 0.3) is 0 Å². The van der Waals surface area contributed by atoms with Crippen molar-refractivity contribution in [1.29, 1.82) is 0 Å². The fourth-order valence-corrected chi connectivity index (χ4v) is 3.34. The minimum absolute atomic E-state index is 0.0917. The zero-order valence-corrected chi connectivity index (χ0v) is 11.4. The Kier molecular flexibility index (Phi) is 3.30. The lowest BCUT2D eigenvalue weighted by Gasteiger charge is -2.36. The number of benzene rings is 1. The molecule has 0 unspecified atom stereocenters. The van der Waals surface area contributed by atoms with E-state index in [0.29, 0.717) is 13.2 Å². The van der Waals surface area contributed by atoms with Crippen molar-refractivity contribution in [2.24, 2.45) is 0 Å². The zero-order chi connectivity index (χ0) is 13.3. The van der Waals surface area contributed by atoms with Crippen molar-refractivity contribution in [2.75, 3.05) is 30.9 Å². The molecule has 0 atom stereocenters. The first-order valence-corrected chi connectivity index (χ1v) is 7.15. The van der Waals surface area contributed by atoms with Crippen LogP contribution in [0.4, 0.5) is 10.8 Å². The standard InChI is InChI=1S/C13H17N3O2S/c14-9-1-2-10-11(7-9)19-12(15-10)16-13(8-17)3-5-18-6-4-13/h1-2,7,17H,3-6,8,14H2,(H,15,16). The van der Waals surface area contributed by atoms with E-state index < -0.39 is 0 Å². The number of rotatable bonds is 3. The zero-order valence-electron chi connectivity index (χ0n) is 10.6. The lowest BCUT2D eigenvalue weighted by molar-refractivity contribution is 0.0380. The maximum Gasteiger partial charge on any atom is 0.184 e. The molecule has 1 aromatic heterocycles. The van der Waals surface area contributed by atoms with Gasteiger partial charge in [0.1, 0.15) is 0 Å². The van der Waals surface area contributed by atoms with E-state index in [4.69, 9.17) is 10.5 Å². The van der Waals surface area contributed by atoms with E-state index in [1.165, 1.54) is 0 Å². The molecule has 102 valence electrons. The highest BCUT2D eigenvalue weighted by atomic mass is 32.1. The summed E-state index contributed by atoms with van der Waals surface area (Å²) >= 11 is 1.56. The van der Waals surface area contributed by atoms with Crippen LogP contribution in [0, 0.1) is 0 Å². The van der Waals surface area contributed by atoms with E-state index in [0.717, 1.165) is 33.9 Å². The molecule has 0 radical (unpaired) electrons. The molecule has 4 N–H and O–H groups in total. The lowest BCUT2D eigenvalue weighted by atomic mass is 9.91. The Morgan fingerprint density at radius 3 is 2.95 bits per heavy atom. The first-order chi connectivity index (χ1) is 9.21. The number of nitrogens with two attached hydrogens (primary N) is 1. The van der Waals surface area contributed by atoms with Gasteiger partial charge in [0.05, 0.1) is 22.4 Å². The Balaban J connectivity index is 1.87. The molecule has 1 aliphatic heterocycles. The molecule has 1 aromatic carbocycles. The number of aliphatic hydroxyl groups excluding tert-OH is 1. The van der Waals surface area contributed by atoms with Crippen LogP contribution in [0.2, 0.25) is 0 Å². The summed E-state index contributed by atoms with van der Waals surface area (Å²) in [6.07, 6.45) is 1.59. The smallest absolute Gasteiger partial charge is 0.184 e. The van der Waals surface area contributed by atoms with Crippen LogP contribution in [-0.4, -0.2) is 35.5 Å². The Labute approximate surface area is 115 Å². The van der Waals surface area contributed by atoms with E-state index in [1.807, 2.05) is 18.2 Å². The van der Waals surface area contributed by atoms with Gasteiger partial charge in [-0.15, -0.1) is 0 Å². The number of nitrogen functional groups attached to an aromatic ring is 1. The summed E-state index contributed by atoms with van der Waals surface area (Å²) in [5, 5.41) is 13.9. The van der Waals surface area contributed by atoms with Gasteiger partial charge in [-0.3, -0.25) is 0 Å². The van der Waals surface area contributed by atoms with Crippen molar-refractivity contribution in [2.45, 2.75) is 18.4 Å². The SMILES string of the molecule is Nc1ccc2nc(NC3(CO)CCOCC3)sc2c1. The Hall–Kier alpha value is -1.37. The minimum atomic E-state index is -0.308. The number of anilines is 2. The van der Waals surface area contributed by atoms with Crippen molar-refractivity contribution in [3.05, 3.63) is 18.2 Å². The molecular weight excluding hydrogens is 262 g/mol. The van der Waals surface area contributed by atoms with Crippen molar-refractivity contribution in [3.8, 4) is 0 Å². The molecule has 0 spiro atoms. The third-order valence-electron chi connectivity index (χ3n) is 3.54. The predicted molar refractivity (Wildman–Crippen MR) is 77.5 cm³/mol. The van der Waals surface area contributed by atoms with Crippen LogP contribution >= 0.6 is 11.3 Å². The molecule has 2 heterocycles. The van der Waals surface area contributed by atoms with Crippen LogP contribution in [0.5, 0.6) is 0 Å². The maximum atomic E-state index is 9.66. The minimum Gasteiger partial charge on any atom is -0.399 e. The summed E-state index contributed by atoms with van der Waals surface area (Å²) in [5.41, 5.74) is 7.14. The molecule has 0 saturated carbocycles. The molecule has 0 aliphatic carbocycles. The number of nitrogens with zero attached hydrogens (tertiary/aromatic N) is 1.